The minimum Gasteiger partial charge on any atom is -0.331 e. The van der Waals surface area contributed by atoms with Crippen LogP contribution < -0.4 is 5.32 Å². The minimum absolute atomic E-state index is 0.135. The summed E-state index contributed by atoms with van der Waals surface area (Å²) in [7, 11) is 0. The maximum absolute atomic E-state index is 13.2. The third kappa shape index (κ3) is 3.68. The maximum atomic E-state index is 13.2. The molecule has 0 radical (unpaired) electrons. The Morgan fingerprint density at radius 2 is 1.80 bits per heavy atom. The third-order valence-corrected chi connectivity index (χ3v) is 3.68. The van der Waals surface area contributed by atoms with E-state index in [4.69, 9.17) is 0 Å². The molecule has 0 saturated carbocycles. The second-order valence-electron chi connectivity index (χ2n) is 5.25. The second-order valence-corrected chi connectivity index (χ2v) is 5.25. The number of urea groups is 1. The summed E-state index contributed by atoms with van der Waals surface area (Å²) in [5.74, 6) is -1.77. The molecule has 1 atom stereocenters. The van der Waals surface area contributed by atoms with Gasteiger partial charge in [-0.25, -0.2) is 13.6 Å². The summed E-state index contributed by atoms with van der Waals surface area (Å²) in [6.45, 7) is 3.29. The van der Waals surface area contributed by atoms with Crippen LogP contribution in [0.4, 0.5) is 13.6 Å². The van der Waals surface area contributed by atoms with Gasteiger partial charge < -0.3 is 10.2 Å². The van der Waals surface area contributed by atoms with Crippen molar-refractivity contribution in [2.45, 2.75) is 38.6 Å². The lowest BCUT2D eigenvalue weighted by molar-refractivity contribution is 0.196. The Labute approximate surface area is 118 Å². The average molecular weight is 282 g/mol. The van der Waals surface area contributed by atoms with E-state index in [1.807, 2.05) is 0 Å². The molecule has 1 saturated heterocycles. The molecule has 1 aromatic carbocycles. The van der Waals surface area contributed by atoms with Crippen LogP contribution in [-0.4, -0.2) is 24.0 Å². The van der Waals surface area contributed by atoms with E-state index in [1.165, 1.54) is 6.07 Å². The standard InChI is InChI=1S/C15H20F2N2O/c1-11(12-6-7-13(16)14(17)10-12)18-15(20)19-8-4-2-3-5-9-19/h6-7,10-11H,2-5,8-9H2,1H3,(H,18,20). The first-order chi connectivity index (χ1) is 9.58. The van der Waals surface area contributed by atoms with E-state index in [1.54, 1.807) is 11.8 Å². The number of hydrogen-bond donors (Lipinski definition) is 1. The lowest BCUT2D eigenvalue weighted by Crippen LogP contribution is -2.41. The Hall–Kier alpha value is -1.65. The molecule has 2 rings (SSSR count). The lowest BCUT2D eigenvalue weighted by atomic mass is 10.1. The number of carbonyl (C=O) groups is 1. The first-order valence-electron chi connectivity index (χ1n) is 7.08. The van der Waals surface area contributed by atoms with Crippen molar-refractivity contribution in [2.75, 3.05) is 13.1 Å². The zero-order valence-electron chi connectivity index (χ0n) is 11.7. The van der Waals surface area contributed by atoms with Gasteiger partial charge in [-0.3, -0.25) is 0 Å². The van der Waals surface area contributed by atoms with Gasteiger partial charge in [0.25, 0.3) is 0 Å². The Morgan fingerprint density at radius 3 is 2.40 bits per heavy atom. The zero-order valence-corrected chi connectivity index (χ0v) is 11.7. The lowest BCUT2D eigenvalue weighted by Gasteiger charge is -2.24. The summed E-state index contributed by atoms with van der Waals surface area (Å²) < 4.78 is 26.1. The molecule has 0 aromatic heterocycles. The summed E-state index contributed by atoms with van der Waals surface area (Å²) in [5.41, 5.74) is 0.562. The highest BCUT2D eigenvalue weighted by Crippen LogP contribution is 2.17. The van der Waals surface area contributed by atoms with Crippen LogP contribution in [0.1, 0.15) is 44.2 Å². The van der Waals surface area contributed by atoms with Crippen LogP contribution in [0.15, 0.2) is 18.2 Å². The summed E-state index contributed by atoms with van der Waals surface area (Å²) in [6, 6.07) is 3.22. The van der Waals surface area contributed by atoms with Crippen molar-refractivity contribution in [3.63, 3.8) is 0 Å². The fraction of sp³-hybridized carbons (Fsp3) is 0.533. The summed E-state index contributed by atoms with van der Waals surface area (Å²) >= 11 is 0. The van der Waals surface area contributed by atoms with Gasteiger partial charge in [0.1, 0.15) is 0 Å². The van der Waals surface area contributed by atoms with E-state index in [2.05, 4.69) is 5.32 Å². The Kier molecular flexibility index (Phi) is 4.93. The smallest absolute Gasteiger partial charge is 0.317 e. The Morgan fingerprint density at radius 1 is 1.15 bits per heavy atom. The summed E-state index contributed by atoms with van der Waals surface area (Å²) in [5, 5.41) is 2.84. The molecule has 1 aromatic rings. The van der Waals surface area contributed by atoms with Crippen LogP contribution in [0, 0.1) is 11.6 Å². The van der Waals surface area contributed by atoms with Crippen molar-refractivity contribution in [1.29, 1.82) is 0 Å². The predicted octanol–water partition coefficient (Wildman–Crippen LogP) is 3.61. The Balaban J connectivity index is 1.97. The molecule has 1 unspecified atom stereocenters. The molecular formula is C15H20F2N2O. The van der Waals surface area contributed by atoms with Gasteiger partial charge in [0.05, 0.1) is 6.04 Å². The molecule has 0 aliphatic carbocycles. The number of nitrogens with zero attached hydrogens (tertiary/aromatic N) is 1. The van der Waals surface area contributed by atoms with Crippen LogP contribution in [0.2, 0.25) is 0 Å². The fourth-order valence-electron chi connectivity index (χ4n) is 2.42. The van der Waals surface area contributed by atoms with Gasteiger partial charge in [-0.05, 0) is 37.5 Å². The second kappa shape index (κ2) is 6.68. The van der Waals surface area contributed by atoms with Crippen molar-refractivity contribution >= 4 is 6.03 Å². The SMILES string of the molecule is CC(NC(=O)N1CCCCCC1)c1ccc(F)c(F)c1. The molecule has 1 aliphatic rings. The molecule has 3 nitrogen and oxygen atoms in total. The van der Waals surface area contributed by atoms with Crippen LogP contribution >= 0.6 is 0 Å². The van der Waals surface area contributed by atoms with E-state index in [0.29, 0.717) is 5.56 Å². The number of halogens is 2. The van der Waals surface area contributed by atoms with Gasteiger partial charge in [-0.1, -0.05) is 18.9 Å². The van der Waals surface area contributed by atoms with Gasteiger partial charge in [0, 0.05) is 13.1 Å². The molecule has 5 heteroatoms. The number of carbonyl (C=O) groups excluding carboxylic acids is 1. The molecule has 1 heterocycles. The molecule has 20 heavy (non-hydrogen) atoms. The van der Waals surface area contributed by atoms with Gasteiger partial charge >= 0.3 is 6.03 Å². The molecule has 1 aliphatic heterocycles. The Bertz CT molecular complexity index is 471. The fourth-order valence-corrected chi connectivity index (χ4v) is 2.42. The molecule has 1 N–H and O–H groups in total. The zero-order chi connectivity index (χ0) is 14.5. The quantitative estimate of drug-likeness (QED) is 0.883. The van der Waals surface area contributed by atoms with Crippen molar-refractivity contribution in [2.24, 2.45) is 0 Å². The highest BCUT2D eigenvalue weighted by molar-refractivity contribution is 5.74. The molecule has 1 fully saturated rings. The number of benzene rings is 1. The topological polar surface area (TPSA) is 32.3 Å². The van der Waals surface area contributed by atoms with E-state index in [9.17, 15) is 13.6 Å². The van der Waals surface area contributed by atoms with E-state index in [-0.39, 0.29) is 12.1 Å². The molecule has 0 bridgehead atoms. The first kappa shape index (κ1) is 14.8. The minimum atomic E-state index is -0.890. The number of rotatable bonds is 2. The first-order valence-corrected chi connectivity index (χ1v) is 7.08. The molecule has 110 valence electrons. The highest BCUT2D eigenvalue weighted by atomic mass is 19.2. The van der Waals surface area contributed by atoms with Crippen molar-refractivity contribution < 1.29 is 13.6 Å². The number of hydrogen-bond acceptors (Lipinski definition) is 1. The van der Waals surface area contributed by atoms with Gasteiger partial charge in [0.2, 0.25) is 0 Å². The largest absolute Gasteiger partial charge is 0.331 e. The van der Waals surface area contributed by atoms with Gasteiger partial charge in [0.15, 0.2) is 11.6 Å². The van der Waals surface area contributed by atoms with Crippen molar-refractivity contribution in [1.82, 2.24) is 10.2 Å². The summed E-state index contributed by atoms with van der Waals surface area (Å²) in [4.78, 5) is 13.9. The van der Waals surface area contributed by atoms with E-state index >= 15 is 0 Å². The normalized spacial score (nSPS) is 17.4. The number of amides is 2. The molecule has 2 amide bonds. The third-order valence-electron chi connectivity index (χ3n) is 3.68. The van der Waals surface area contributed by atoms with Crippen molar-refractivity contribution in [3.05, 3.63) is 35.4 Å². The molecular weight excluding hydrogens is 262 g/mol. The molecule has 0 spiro atoms. The average Bonchev–Trinajstić information content (AvgIpc) is 2.70. The van der Waals surface area contributed by atoms with Crippen LogP contribution in [0.3, 0.4) is 0 Å². The van der Waals surface area contributed by atoms with Gasteiger partial charge in [-0.2, -0.15) is 0 Å². The number of likely N-dealkylation sites (tertiary alicyclic amines) is 1. The summed E-state index contributed by atoms with van der Waals surface area (Å²) in [6.07, 6.45) is 4.35. The van der Waals surface area contributed by atoms with Crippen LogP contribution in [-0.2, 0) is 0 Å². The predicted molar refractivity (Wildman–Crippen MR) is 73.3 cm³/mol. The van der Waals surface area contributed by atoms with Crippen LogP contribution in [0.25, 0.3) is 0 Å². The van der Waals surface area contributed by atoms with E-state index < -0.39 is 11.6 Å². The number of nitrogens with one attached hydrogen (secondary N) is 1. The maximum Gasteiger partial charge on any atom is 0.317 e. The highest BCUT2D eigenvalue weighted by Gasteiger charge is 2.18. The van der Waals surface area contributed by atoms with Crippen molar-refractivity contribution in [3.8, 4) is 0 Å². The van der Waals surface area contributed by atoms with E-state index in [0.717, 1.165) is 50.9 Å². The van der Waals surface area contributed by atoms with Crippen LogP contribution in [0.5, 0.6) is 0 Å². The monoisotopic (exact) mass is 282 g/mol. The van der Waals surface area contributed by atoms with Gasteiger partial charge in [-0.15, -0.1) is 0 Å².